The molecule has 3 amide bonds. The molecule has 0 saturated carbocycles. The van der Waals surface area contributed by atoms with E-state index in [1.165, 1.54) is 29.2 Å². The number of piperazine rings is 1. The van der Waals surface area contributed by atoms with Gasteiger partial charge in [-0.3, -0.25) is 14.4 Å². The highest BCUT2D eigenvalue weighted by Crippen LogP contribution is 2.35. The lowest BCUT2D eigenvalue weighted by molar-refractivity contribution is -0.157. The van der Waals surface area contributed by atoms with Gasteiger partial charge >= 0.3 is 0 Å². The molecule has 186 valence electrons. The minimum Gasteiger partial charge on any atom is -0.395 e. The number of carbonyl (C=O) groups is 3. The number of hydrogen-bond donors (Lipinski definition) is 3. The quantitative estimate of drug-likeness (QED) is 0.538. The van der Waals surface area contributed by atoms with Crippen LogP contribution in [0, 0.1) is 17.7 Å². The molecule has 4 rings (SSSR count). The fourth-order valence-corrected chi connectivity index (χ4v) is 5.23. The summed E-state index contributed by atoms with van der Waals surface area (Å²) in [7, 11) is 0. The van der Waals surface area contributed by atoms with E-state index in [4.69, 9.17) is 0 Å². The summed E-state index contributed by atoms with van der Waals surface area (Å²) < 4.78 is 13.7. The molecule has 1 aliphatic heterocycles. The van der Waals surface area contributed by atoms with Crippen molar-refractivity contribution in [3.05, 3.63) is 71.0 Å². The highest BCUT2D eigenvalue weighted by molar-refractivity contribution is 6.00. The lowest BCUT2D eigenvalue weighted by Crippen LogP contribution is -2.67. The number of nitrogens with zero attached hydrogens (tertiary/aromatic N) is 1. The van der Waals surface area contributed by atoms with Crippen molar-refractivity contribution in [2.45, 2.75) is 51.2 Å². The minimum atomic E-state index is -1.13. The molecule has 0 spiro atoms. The van der Waals surface area contributed by atoms with Gasteiger partial charge in [0.05, 0.1) is 6.61 Å². The van der Waals surface area contributed by atoms with Crippen molar-refractivity contribution in [2.24, 2.45) is 11.8 Å². The Morgan fingerprint density at radius 1 is 1.11 bits per heavy atom. The number of rotatable bonds is 8. The second-order valence-electron chi connectivity index (χ2n) is 9.78. The van der Waals surface area contributed by atoms with Crippen molar-refractivity contribution in [3.63, 3.8) is 0 Å². The molecule has 0 radical (unpaired) electrons. The van der Waals surface area contributed by atoms with E-state index in [1.54, 1.807) is 0 Å². The van der Waals surface area contributed by atoms with E-state index in [0.717, 1.165) is 11.1 Å². The summed E-state index contributed by atoms with van der Waals surface area (Å²) in [6.07, 6.45) is 1.70. The van der Waals surface area contributed by atoms with Gasteiger partial charge in [0.2, 0.25) is 17.7 Å². The second-order valence-corrected chi connectivity index (χ2v) is 9.78. The molecule has 1 aliphatic carbocycles. The van der Waals surface area contributed by atoms with Gasteiger partial charge in [-0.1, -0.05) is 50.2 Å². The van der Waals surface area contributed by atoms with Crippen LogP contribution in [0.2, 0.25) is 0 Å². The number of halogens is 1. The zero-order chi connectivity index (χ0) is 25.1. The standard InChI is InChI=1S/C27H32FN3O4/c1-16(2)13-22-25(33)30-23(20-14-18-5-3-4-6-19(18)15-20)27(35)31(22)24(26(34)29-11-12-32)17-7-9-21(28)10-8-17/h3-10,16,20,22-24,32H,11-15H2,1-2H3,(H,29,34)(H,30,33)/t22-,23?,24-/m1/s1. The van der Waals surface area contributed by atoms with Crippen molar-refractivity contribution in [1.82, 2.24) is 15.5 Å². The fraction of sp³-hybridized carbons (Fsp3) is 0.444. The monoisotopic (exact) mass is 481 g/mol. The van der Waals surface area contributed by atoms with Gasteiger partial charge in [-0.2, -0.15) is 0 Å². The topological polar surface area (TPSA) is 98.7 Å². The van der Waals surface area contributed by atoms with Crippen molar-refractivity contribution in [1.29, 1.82) is 0 Å². The molecule has 35 heavy (non-hydrogen) atoms. The number of aliphatic hydroxyl groups excluding tert-OH is 1. The Labute approximate surface area is 204 Å². The summed E-state index contributed by atoms with van der Waals surface area (Å²) in [6, 6.07) is 10.6. The van der Waals surface area contributed by atoms with Gasteiger partial charge in [0.15, 0.2) is 0 Å². The average molecular weight is 482 g/mol. The number of nitrogens with one attached hydrogen (secondary N) is 2. The largest absolute Gasteiger partial charge is 0.395 e. The third-order valence-corrected chi connectivity index (χ3v) is 6.83. The molecule has 1 heterocycles. The van der Waals surface area contributed by atoms with Crippen LogP contribution in [0.4, 0.5) is 4.39 Å². The molecule has 7 nitrogen and oxygen atoms in total. The second kappa shape index (κ2) is 10.6. The van der Waals surface area contributed by atoms with Crippen molar-refractivity contribution in [3.8, 4) is 0 Å². The number of carbonyl (C=O) groups excluding carboxylic acids is 3. The van der Waals surface area contributed by atoms with Crippen LogP contribution in [0.25, 0.3) is 0 Å². The Balaban J connectivity index is 1.73. The maximum absolute atomic E-state index is 14.1. The normalized spacial score (nSPS) is 21.1. The van der Waals surface area contributed by atoms with E-state index in [-0.39, 0.29) is 36.8 Å². The molecule has 8 heteroatoms. The molecule has 0 aromatic heterocycles. The number of fused-ring (bicyclic) bond motifs is 1. The van der Waals surface area contributed by atoms with Crippen LogP contribution in [0.1, 0.15) is 43.0 Å². The van der Waals surface area contributed by atoms with Crippen LogP contribution in [0.5, 0.6) is 0 Å². The van der Waals surface area contributed by atoms with E-state index in [9.17, 15) is 23.9 Å². The zero-order valence-corrected chi connectivity index (χ0v) is 20.0. The smallest absolute Gasteiger partial charge is 0.247 e. The Morgan fingerprint density at radius 3 is 2.31 bits per heavy atom. The lowest BCUT2D eigenvalue weighted by atomic mass is 9.88. The molecular formula is C27H32FN3O4. The maximum atomic E-state index is 14.1. The Hall–Kier alpha value is -3.26. The first kappa shape index (κ1) is 24.9. The van der Waals surface area contributed by atoms with Crippen molar-refractivity contribution in [2.75, 3.05) is 13.2 Å². The first-order valence-corrected chi connectivity index (χ1v) is 12.1. The van der Waals surface area contributed by atoms with E-state index in [0.29, 0.717) is 24.8 Å². The first-order valence-electron chi connectivity index (χ1n) is 12.1. The van der Waals surface area contributed by atoms with Crippen LogP contribution in [0.15, 0.2) is 48.5 Å². The Bertz CT molecular complexity index is 1060. The SMILES string of the molecule is CC(C)C[C@@H]1C(=O)NC(C2Cc3ccccc3C2)C(=O)N1[C@@H](C(=O)NCCO)c1ccc(F)cc1. The summed E-state index contributed by atoms with van der Waals surface area (Å²) in [4.78, 5) is 42.2. The Morgan fingerprint density at radius 2 is 1.74 bits per heavy atom. The summed E-state index contributed by atoms with van der Waals surface area (Å²) in [5.41, 5.74) is 2.73. The van der Waals surface area contributed by atoms with E-state index in [2.05, 4.69) is 10.6 Å². The summed E-state index contributed by atoms with van der Waals surface area (Å²) in [5.74, 6) is -1.63. The van der Waals surface area contributed by atoms with E-state index >= 15 is 0 Å². The van der Waals surface area contributed by atoms with Crippen molar-refractivity contribution >= 4 is 17.7 Å². The first-order chi connectivity index (χ1) is 16.8. The molecule has 1 saturated heterocycles. The highest BCUT2D eigenvalue weighted by atomic mass is 19.1. The molecule has 2 aliphatic rings. The molecule has 2 aromatic carbocycles. The average Bonchev–Trinajstić information content (AvgIpc) is 3.26. The van der Waals surface area contributed by atoms with E-state index in [1.807, 2.05) is 38.1 Å². The molecule has 1 unspecified atom stereocenters. The predicted octanol–water partition coefficient (Wildman–Crippen LogP) is 2.13. The van der Waals surface area contributed by atoms with Crippen LogP contribution in [0.3, 0.4) is 0 Å². The number of amides is 3. The van der Waals surface area contributed by atoms with Crippen LogP contribution in [-0.2, 0) is 27.2 Å². The number of aliphatic hydroxyl groups is 1. The molecular weight excluding hydrogens is 449 g/mol. The molecule has 2 aromatic rings. The van der Waals surface area contributed by atoms with Crippen LogP contribution in [-0.4, -0.2) is 53.0 Å². The molecule has 3 atom stereocenters. The van der Waals surface area contributed by atoms with Gasteiger partial charge in [0.1, 0.15) is 23.9 Å². The minimum absolute atomic E-state index is 0.000957. The fourth-order valence-electron chi connectivity index (χ4n) is 5.23. The number of hydrogen-bond acceptors (Lipinski definition) is 4. The molecule has 1 fully saturated rings. The van der Waals surface area contributed by atoms with Gasteiger partial charge in [-0.15, -0.1) is 0 Å². The number of benzene rings is 2. The summed E-state index contributed by atoms with van der Waals surface area (Å²) in [5, 5.41) is 14.8. The van der Waals surface area contributed by atoms with Crippen molar-refractivity contribution < 1.29 is 23.9 Å². The van der Waals surface area contributed by atoms with Gasteiger partial charge in [0, 0.05) is 6.54 Å². The summed E-state index contributed by atoms with van der Waals surface area (Å²) in [6.45, 7) is 3.64. The predicted molar refractivity (Wildman–Crippen MR) is 129 cm³/mol. The third-order valence-electron chi connectivity index (χ3n) is 6.83. The van der Waals surface area contributed by atoms with Gasteiger partial charge in [0.25, 0.3) is 0 Å². The zero-order valence-electron chi connectivity index (χ0n) is 20.0. The maximum Gasteiger partial charge on any atom is 0.247 e. The van der Waals surface area contributed by atoms with E-state index < -0.39 is 29.8 Å². The van der Waals surface area contributed by atoms with Crippen LogP contribution >= 0.6 is 0 Å². The molecule has 3 N–H and O–H groups in total. The van der Waals surface area contributed by atoms with Gasteiger partial charge < -0.3 is 20.6 Å². The summed E-state index contributed by atoms with van der Waals surface area (Å²) >= 11 is 0. The van der Waals surface area contributed by atoms with Crippen LogP contribution < -0.4 is 10.6 Å². The molecule has 0 bridgehead atoms. The van der Waals surface area contributed by atoms with Gasteiger partial charge in [-0.05, 0) is 59.9 Å². The lowest BCUT2D eigenvalue weighted by Gasteiger charge is -2.44. The van der Waals surface area contributed by atoms with Gasteiger partial charge in [-0.25, -0.2) is 4.39 Å². The Kier molecular flexibility index (Phi) is 7.50. The highest BCUT2D eigenvalue weighted by Gasteiger charge is 2.49. The third kappa shape index (κ3) is 5.22.